The Bertz CT molecular complexity index is 337. The smallest absolute Gasteiger partial charge is 0.184 e. The Morgan fingerprint density at radius 3 is 2.08 bits per heavy atom. The number of hydrogen-bond donors (Lipinski definition) is 3. The van der Waals surface area contributed by atoms with Gasteiger partial charge in [-0.2, -0.15) is 0 Å². The van der Waals surface area contributed by atoms with Crippen molar-refractivity contribution in [3.05, 3.63) is 0 Å². The minimum absolute atomic E-state index is 0.271. The molecule has 2 heterocycles. The number of aliphatic hydroxyl groups is 3. The van der Waals surface area contributed by atoms with E-state index in [4.69, 9.17) is 14.2 Å². The molecule has 1 unspecified atom stereocenters. The summed E-state index contributed by atoms with van der Waals surface area (Å²) >= 11 is 0. The molecule has 6 atom stereocenters. The van der Waals surface area contributed by atoms with E-state index in [2.05, 4.69) is 6.92 Å². The molecule has 2 saturated heterocycles. The fourth-order valence-corrected chi connectivity index (χ4v) is 3.41. The molecular weight excluding hydrogens is 312 g/mol. The van der Waals surface area contributed by atoms with Gasteiger partial charge < -0.3 is 29.5 Å². The molecule has 0 radical (unpaired) electrons. The van der Waals surface area contributed by atoms with Gasteiger partial charge in [0.15, 0.2) is 12.6 Å². The van der Waals surface area contributed by atoms with Crippen LogP contribution in [0.4, 0.5) is 0 Å². The number of rotatable bonds is 10. The molecule has 24 heavy (non-hydrogen) atoms. The summed E-state index contributed by atoms with van der Waals surface area (Å²) in [5.41, 5.74) is 0. The topological polar surface area (TPSA) is 88.4 Å². The molecule has 142 valence electrons. The van der Waals surface area contributed by atoms with E-state index in [0.29, 0.717) is 0 Å². The van der Waals surface area contributed by atoms with Gasteiger partial charge in [0.05, 0.1) is 6.61 Å². The van der Waals surface area contributed by atoms with Crippen molar-refractivity contribution in [3.8, 4) is 0 Å². The lowest BCUT2D eigenvalue weighted by molar-refractivity contribution is -0.352. The summed E-state index contributed by atoms with van der Waals surface area (Å²) in [6, 6.07) is 0. The molecule has 6 heteroatoms. The average molecular weight is 346 g/mol. The van der Waals surface area contributed by atoms with Crippen molar-refractivity contribution in [2.45, 2.75) is 108 Å². The summed E-state index contributed by atoms with van der Waals surface area (Å²) in [6.45, 7) is 2.51. The number of fused-ring (bicyclic) bond motifs is 1. The molecule has 0 bridgehead atoms. The molecule has 0 amide bonds. The first kappa shape index (κ1) is 20.1. The third kappa shape index (κ3) is 5.93. The van der Waals surface area contributed by atoms with Crippen LogP contribution in [-0.4, -0.2) is 58.9 Å². The van der Waals surface area contributed by atoms with Crippen molar-refractivity contribution in [3.63, 3.8) is 0 Å². The van der Waals surface area contributed by atoms with Crippen molar-refractivity contribution < 1.29 is 29.5 Å². The van der Waals surface area contributed by atoms with Crippen LogP contribution >= 0.6 is 0 Å². The molecule has 2 aliphatic heterocycles. The maximum atomic E-state index is 10.0. The minimum Gasteiger partial charge on any atom is -0.387 e. The number of unbranched alkanes of at least 4 members (excludes halogenated alkanes) is 8. The third-order valence-electron chi connectivity index (χ3n) is 4.96. The van der Waals surface area contributed by atoms with E-state index in [-0.39, 0.29) is 12.9 Å². The van der Waals surface area contributed by atoms with Gasteiger partial charge >= 0.3 is 0 Å². The van der Waals surface area contributed by atoms with Gasteiger partial charge in [0.2, 0.25) is 0 Å². The maximum absolute atomic E-state index is 10.0. The molecule has 0 aromatic carbocycles. The largest absolute Gasteiger partial charge is 0.387 e. The average Bonchev–Trinajstić information content (AvgIpc) is 2.59. The first-order valence-electron chi connectivity index (χ1n) is 9.60. The standard InChI is InChI=1S/C18H34O6/c1-2-3-4-5-6-7-8-9-10-11-14-22-12-13-17(24-14)15(19)16(20)18(21)23-13/h13-21H,2-12H2,1H3/t13-,14?,15-,16-,17-,18-/m1/s1. The normalized spacial score (nSPS) is 36.5. The Morgan fingerprint density at radius 2 is 1.42 bits per heavy atom. The number of aliphatic hydroxyl groups excluding tert-OH is 3. The molecular formula is C18H34O6. The first-order chi connectivity index (χ1) is 11.6. The lowest BCUT2D eigenvalue weighted by Gasteiger charge is -2.45. The van der Waals surface area contributed by atoms with Crippen molar-refractivity contribution in [1.29, 1.82) is 0 Å². The van der Waals surface area contributed by atoms with Crippen LogP contribution in [0.15, 0.2) is 0 Å². The van der Waals surface area contributed by atoms with E-state index in [1.807, 2.05) is 0 Å². The maximum Gasteiger partial charge on any atom is 0.184 e. The zero-order chi connectivity index (χ0) is 17.4. The van der Waals surface area contributed by atoms with Crippen molar-refractivity contribution in [2.24, 2.45) is 0 Å². The summed E-state index contributed by atoms with van der Waals surface area (Å²) in [5.74, 6) is 0. The highest BCUT2D eigenvalue weighted by Gasteiger charge is 2.47. The molecule has 0 aromatic heterocycles. The van der Waals surface area contributed by atoms with Crippen molar-refractivity contribution >= 4 is 0 Å². The predicted molar refractivity (Wildman–Crippen MR) is 89.4 cm³/mol. The van der Waals surface area contributed by atoms with E-state index in [0.717, 1.165) is 19.3 Å². The second-order valence-electron chi connectivity index (χ2n) is 7.03. The Balaban J connectivity index is 1.55. The molecule has 2 rings (SSSR count). The Kier molecular flexibility index (Phi) is 8.94. The van der Waals surface area contributed by atoms with Gasteiger partial charge in [-0.1, -0.05) is 58.3 Å². The summed E-state index contributed by atoms with van der Waals surface area (Å²) < 4.78 is 16.5. The zero-order valence-corrected chi connectivity index (χ0v) is 14.8. The van der Waals surface area contributed by atoms with Gasteiger partial charge in [-0.25, -0.2) is 0 Å². The van der Waals surface area contributed by atoms with E-state index >= 15 is 0 Å². The van der Waals surface area contributed by atoms with Gasteiger partial charge in [-0.15, -0.1) is 0 Å². The molecule has 0 spiro atoms. The SMILES string of the molecule is CCCCCCCCCCCC1OC[C@H]2O[C@@H](O)[C@H](O)[C@@H](O)[C@@H]2O1. The first-order valence-corrected chi connectivity index (χ1v) is 9.60. The zero-order valence-electron chi connectivity index (χ0n) is 14.8. The summed E-state index contributed by atoms with van der Waals surface area (Å²) in [7, 11) is 0. The molecule has 3 N–H and O–H groups in total. The fraction of sp³-hybridized carbons (Fsp3) is 1.00. The van der Waals surface area contributed by atoms with Gasteiger partial charge in [0.25, 0.3) is 0 Å². The lowest BCUT2D eigenvalue weighted by Crippen LogP contribution is -2.62. The number of hydrogen-bond acceptors (Lipinski definition) is 6. The molecule has 0 aromatic rings. The fourth-order valence-electron chi connectivity index (χ4n) is 3.41. The predicted octanol–water partition coefficient (Wildman–Crippen LogP) is 2.09. The molecule has 0 saturated carbocycles. The van der Waals surface area contributed by atoms with Crippen LogP contribution in [0.5, 0.6) is 0 Å². The Labute approximate surface area is 145 Å². The van der Waals surface area contributed by atoms with Gasteiger partial charge in [0.1, 0.15) is 24.4 Å². The van der Waals surface area contributed by atoms with Gasteiger partial charge in [-0.3, -0.25) is 0 Å². The second-order valence-corrected chi connectivity index (χ2v) is 7.03. The van der Waals surface area contributed by atoms with E-state index < -0.39 is 30.7 Å². The van der Waals surface area contributed by atoms with Crippen LogP contribution in [0.3, 0.4) is 0 Å². The summed E-state index contributed by atoms with van der Waals surface area (Å²) in [4.78, 5) is 0. The van der Waals surface area contributed by atoms with Crippen molar-refractivity contribution in [1.82, 2.24) is 0 Å². The van der Waals surface area contributed by atoms with Crippen LogP contribution in [-0.2, 0) is 14.2 Å². The Hall–Kier alpha value is -0.240. The lowest BCUT2D eigenvalue weighted by atomic mass is 9.98. The molecule has 0 aliphatic carbocycles. The molecule has 6 nitrogen and oxygen atoms in total. The highest BCUT2D eigenvalue weighted by molar-refractivity contribution is 4.91. The second kappa shape index (κ2) is 10.7. The highest BCUT2D eigenvalue weighted by atomic mass is 16.7. The van der Waals surface area contributed by atoms with E-state index in [1.165, 1.54) is 44.9 Å². The van der Waals surface area contributed by atoms with Crippen molar-refractivity contribution in [2.75, 3.05) is 6.61 Å². The molecule has 2 aliphatic rings. The van der Waals surface area contributed by atoms with Crippen LogP contribution in [0.2, 0.25) is 0 Å². The molecule has 2 fully saturated rings. The Morgan fingerprint density at radius 1 is 0.792 bits per heavy atom. The third-order valence-corrected chi connectivity index (χ3v) is 4.96. The highest BCUT2D eigenvalue weighted by Crippen LogP contribution is 2.29. The number of ether oxygens (including phenoxy) is 3. The summed E-state index contributed by atoms with van der Waals surface area (Å²) in [5, 5.41) is 29.2. The van der Waals surface area contributed by atoms with Crippen LogP contribution in [0.25, 0.3) is 0 Å². The van der Waals surface area contributed by atoms with Gasteiger partial charge in [0, 0.05) is 0 Å². The van der Waals surface area contributed by atoms with Gasteiger partial charge in [-0.05, 0) is 12.8 Å². The monoisotopic (exact) mass is 346 g/mol. The summed E-state index contributed by atoms with van der Waals surface area (Å²) in [6.07, 6.45) is 6.76. The quantitative estimate of drug-likeness (QED) is 0.525. The minimum atomic E-state index is -1.39. The van der Waals surface area contributed by atoms with Crippen LogP contribution in [0, 0.1) is 0 Å². The van der Waals surface area contributed by atoms with Crippen LogP contribution < -0.4 is 0 Å². The van der Waals surface area contributed by atoms with E-state index in [1.54, 1.807) is 0 Å². The van der Waals surface area contributed by atoms with Crippen LogP contribution in [0.1, 0.15) is 71.1 Å². The van der Waals surface area contributed by atoms with E-state index in [9.17, 15) is 15.3 Å².